The van der Waals surface area contributed by atoms with Crippen molar-refractivity contribution in [1.29, 1.82) is 0 Å². The van der Waals surface area contributed by atoms with Crippen LogP contribution in [0.2, 0.25) is 0 Å². The van der Waals surface area contributed by atoms with Gasteiger partial charge in [0.2, 0.25) is 5.91 Å². The number of amides is 1. The van der Waals surface area contributed by atoms with Crippen LogP contribution in [0.3, 0.4) is 0 Å². The summed E-state index contributed by atoms with van der Waals surface area (Å²) in [5, 5.41) is 17.4. The molecule has 0 spiro atoms. The highest BCUT2D eigenvalue weighted by molar-refractivity contribution is 5.81. The number of nitrogens with zero attached hydrogens (tertiary/aromatic N) is 2. The van der Waals surface area contributed by atoms with E-state index in [1.54, 1.807) is 10.9 Å². The average molecular weight is 341 g/mol. The van der Waals surface area contributed by atoms with Crippen LogP contribution >= 0.6 is 0 Å². The van der Waals surface area contributed by atoms with Gasteiger partial charge in [-0.1, -0.05) is 32.0 Å². The number of benzene rings is 1. The molecule has 0 radical (unpaired) electrons. The van der Waals surface area contributed by atoms with E-state index in [1.165, 1.54) is 16.7 Å². The molecule has 0 bridgehead atoms. The van der Waals surface area contributed by atoms with Crippen molar-refractivity contribution in [3.05, 3.63) is 52.8 Å². The Bertz CT molecular complexity index is 751. The maximum atomic E-state index is 12.5. The van der Waals surface area contributed by atoms with E-state index >= 15 is 0 Å². The Morgan fingerprint density at radius 1 is 1.44 bits per heavy atom. The Labute approximate surface area is 149 Å². The summed E-state index contributed by atoms with van der Waals surface area (Å²) in [6, 6.07) is 6.58. The lowest BCUT2D eigenvalue weighted by Crippen LogP contribution is -2.39. The summed E-state index contributed by atoms with van der Waals surface area (Å²) in [6.45, 7) is 4.35. The highest BCUT2D eigenvalue weighted by atomic mass is 16.3. The van der Waals surface area contributed by atoms with Crippen molar-refractivity contribution in [2.24, 2.45) is 7.05 Å². The molecule has 1 unspecified atom stereocenters. The minimum atomic E-state index is -1.05. The second kappa shape index (κ2) is 7.40. The van der Waals surface area contributed by atoms with E-state index in [2.05, 4.69) is 42.5 Å². The third-order valence-corrected chi connectivity index (χ3v) is 4.96. The summed E-state index contributed by atoms with van der Waals surface area (Å²) < 4.78 is 1.67. The summed E-state index contributed by atoms with van der Waals surface area (Å²) >= 11 is 0. The number of rotatable bonds is 5. The van der Waals surface area contributed by atoms with Crippen LogP contribution in [0.15, 0.2) is 30.6 Å². The fourth-order valence-electron chi connectivity index (χ4n) is 3.49. The van der Waals surface area contributed by atoms with Gasteiger partial charge in [0.05, 0.1) is 12.2 Å². The molecule has 1 aromatic heterocycles. The molecule has 2 aromatic rings. The van der Waals surface area contributed by atoms with Gasteiger partial charge in [0.25, 0.3) is 0 Å². The molecule has 1 aliphatic carbocycles. The third kappa shape index (κ3) is 4.10. The van der Waals surface area contributed by atoms with Crippen molar-refractivity contribution in [2.75, 3.05) is 0 Å². The number of fused-ring (bicyclic) bond motifs is 1. The Morgan fingerprint density at radius 2 is 2.24 bits per heavy atom. The van der Waals surface area contributed by atoms with Crippen LogP contribution in [-0.2, 0) is 24.7 Å². The van der Waals surface area contributed by atoms with Crippen molar-refractivity contribution in [1.82, 2.24) is 15.1 Å². The molecule has 2 N–H and O–H groups in total. The van der Waals surface area contributed by atoms with E-state index < -0.39 is 6.10 Å². The van der Waals surface area contributed by atoms with Gasteiger partial charge in [-0.3, -0.25) is 9.48 Å². The van der Waals surface area contributed by atoms with Crippen molar-refractivity contribution in [3.63, 3.8) is 0 Å². The quantitative estimate of drug-likeness (QED) is 0.878. The second-order valence-corrected chi connectivity index (χ2v) is 7.31. The molecule has 1 amide bonds. The number of aliphatic hydroxyl groups excluding tert-OH is 1. The summed E-state index contributed by atoms with van der Waals surface area (Å²) in [7, 11) is 1.82. The number of hydrogen-bond donors (Lipinski definition) is 2. The van der Waals surface area contributed by atoms with Gasteiger partial charge in [-0.05, 0) is 47.4 Å². The molecule has 0 saturated carbocycles. The van der Waals surface area contributed by atoms with Crippen LogP contribution in [0.5, 0.6) is 0 Å². The first kappa shape index (κ1) is 17.7. The molecule has 0 saturated heterocycles. The average Bonchev–Trinajstić information content (AvgIpc) is 2.99. The normalized spacial score (nSPS) is 18.0. The fraction of sp³-hybridized carbons (Fsp3) is 0.500. The first-order valence-electron chi connectivity index (χ1n) is 9.02. The highest BCUT2D eigenvalue weighted by Crippen LogP contribution is 2.32. The number of hydrogen-bond acceptors (Lipinski definition) is 3. The van der Waals surface area contributed by atoms with Crippen LogP contribution in [-0.4, -0.2) is 26.9 Å². The van der Waals surface area contributed by atoms with Gasteiger partial charge in [-0.2, -0.15) is 5.10 Å². The van der Waals surface area contributed by atoms with Gasteiger partial charge in [-0.25, -0.2) is 0 Å². The number of carbonyl (C=O) groups is 1. The molecule has 0 aliphatic heterocycles. The number of aromatic nitrogens is 2. The fourth-order valence-corrected chi connectivity index (χ4v) is 3.49. The van der Waals surface area contributed by atoms with Gasteiger partial charge >= 0.3 is 0 Å². The SMILES string of the molecule is CC(C)c1ccc2c(c1)[C@@H](NC(=O)C(O)Cc1cnn(C)c1)CCC2. The number of nitrogens with one attached hydrogen (secondary N) is 1. The highest BCUT2D eigenvalue weighted by Gasteiger charge is 2.25. The predicted molar refractivity (Wildman–Crippen MR) is 97.3 cm³/mol. The Hall–Kier alpha value is -2.14. The zero-order chi connectivity index (χ0) is 18.0. The Balaban J connectivity index is 1.70. The van der Waals surface area contributed by atoms with Crippen molar-refractivity contribution < 1.29 is 9.90 Å². The zero-order valence-corrected chi connectivity index (χ0v) is 15.2. The summed E-state index contributed by atoms with van der Waals surface area (Å²) in [5.74, 6) is 0.149. The van der Waals surface area contributed by atoms with Gasteiger partial charge < -0.3 is 10.4 Å². The molecule has 2 atom stereocenters. The van der Waals surface area contributed by atoms with Crippen LogP contribution < -0.4 is 5.32 Å². The summed E-state index contributed by atoms with van der Waals surface area (Å²) in [6.07, 6.45) is 5.76. The van der Waals surface area contributed by atoms with Gasteiger partial charge in [-0.15, -0.1) is 0 Å². The lowest BCUT2D eigenvalue weighted by Gasteiger charge is -2.28. The smallest absolute Gasteiger partial charge is 0.249 e. The maximum Gasteiger partial charge on any atom is 0.249 e. The molecule has 1 aliphatic rings. The predicted octanol–water partition coefficient (Wildman–Crippen LogP) is 2.64. The first-order chi connectivity index (χ1) is 11.9. The van der Waals surface area contributed by atoms with Crippen molar-refractivity contribution in [2.45, 2.75) is 57.6 Å². The van der Waals surface area contributed by atoms with Crippen molar-refractivity contribution in [3.8, 4) is 0 Å². The molecule has 5 nitrogen and oxygen atoms in total. The number of aliphatic hydroxyl groups is 1. The van der Waals surface area contributed by atoms with E-state index in [-0.39, 0.29) is 18.4 Å². The maximum absolute atomic E-state index is 12.5. The van der Waals surface area contributed by atoms with Gasteiger partial charge in [0.1, 0.15) is 6.10 Å². The largest absolute Gasteiger partial charge is 0.383 e. The van der Waals surface area contributed by atoms with Crippen LogP contribution in [0.4, 0.5) is 0 Å². The molecule has 134 valence electrons. The second-order valence-electron chi connectivity index (χ2n) is 7.31. The van der Waals surface area contributed by atoms with Crippen LogP contribution in [0.25, 0.3) is 0 Å². The monoisotopic (exact) mass is 341 g/mol. The lowest BCUT2D eigenvalue weighted by molar-refractivity contribution is -0.130. The number of aryl methyl sites for hydroxylation is 2. The van der Waals surface area contributed by atoms with E-state index in [9.17, 15) is 9.90 Å². The van der Waals surface area contributed by atoms with Crippen molar-refractivity contribution >= 4 is 5.91 Å². The molecule has 1 aromatic carbocycles. The molecular formula is C20H27N3O2. The lowest BCUT2D eigenvalue weighted by atomic mass is 9.85. The van der Waals surface area contributed by atoms with Gasteiger partial charge in [0, 0.05) is 19.7 Å². The molecule has 3 rings (SSSR count). The topological polar surface area (TPSA) is 67.2 Å². The molecule has 25 heavy (non-hydrogen) atoms. The first-order valence-corrected chi connectivity index (χ1v) is 9.02. The van der Waals surface area contributed by atoms with E-state index in [0.717, 1.165) is 24.8 Å². The van der Waals surface area contributed by atoms with E-state index in [4.69, 9.17) is 0 Å². The number of carbonyl (C=O) groups excluding carboxylic acids is 1. The van der Waals surface area contributed by atoms with Crippen LogP contribution in [0, 0.1) is 0 Å². The summed E-state index contributed by atoms with van der Waals surface area (Å²) in [5.41, 5.74) is 4.66. The summed E-state index contributed by atoms with van der Waals surface area (Å²) in [4.78, 5) is 12.5. The van der Waals surface area contributed by atoms with Crippen LogP contribution in [0.1, 0.15) is 60.9 Å². The molecule has 1 heterocycles. The zero-order valence-electron chi connectivity index (χ0n) is 15.2. The molecule has 0 fully saturated rings. The Morgan fingerprint density at radius 3 is 2.92 bits per heavy atom. The standard InChI is InChI=1S/C20H27N3O2/c1-13(2)16-8-7-15-5-4-6-18(17(15)10-16)22-20(25)19(24)9-14-11-21-23(3)12-14/h7-8,10-13,18-19,24H,4-6,9H2,1-3H3,(H,22,25)/t18-,19?/m0/s1. The molecular weight excluding hydrogens is 314 g/mol. The minimum Gasteiger partial charge on any atom is -0.383 e. The van der Waals surface area contributed by atoms with Gasteiger partial charge in [0.15, 0.2) is 0 Å². The Kier molecular flexibility index (Phi) is 5.23. The molecule has 5 heteroatoms. The van der Waals surface area contributed by atoms with E-state index in [1.807, 2.05) is 13.2 Å². The van der Waals surface area contributed by atoms with E-state index in [0.29, 0.717) is 5.92 Å². The third-order valence-electron chi connectivity index (χ3n) is 4.96. The minimum absolute atomic E-state index is 0.0153.